The molecule has 0 bridgehead atoms. The zero-order chi connectivity index (χ0) is 10.9. The Morgan fingerprint density at radius 2 is 2.07 bits per heavy atom. The number of carbonyl (C=O) groups is 2. The molecule has 1 aliphatic rings. The first-order chi connectivity index (χ1) is 6.41. The summed E-state index contributed by atoms with van der Waals surface area (Å²) in [6.07, 6.45) is 1.13. The van der Waals surface area contributed by atoms with Gasteiger partial charge in [-0.25, -0.2) is 0 Å². The molecule has 0 aromatic heterocycles. The molecule has 14 heavy (non-hydrogen) atoms. The van der Waals surface area contributed by atoms with E-state index in [1.54, 1.807) is 0 Å². The molecule has 0 heterocycles. The number of ketones is 1. The van der Waals surface area contributed by atoms with E-state index in [1.165, 1.54) is 7.11 Å². The second kappa shape index (κ2) is 3.71. The van der Waals surface area contributed by atoms with Crippen molar-refractivity contribution in [3.8, 4) is 0 Å². The summed E-state index contributed by atoms with van der Waals surface area (Å²) in [4.78, 5) is 23.0. The lowest BCUT2D eigenvalue weighted by Gasteiger charge is -2.40. The third-order valence-electron chi connectivity index (χ3n) is 3.66. The first kappa shape index (κ1) is 11.2. The molecule has 1 fully saturated rings. The number of hydrogen-bond acceptors (Lipinski definition) is 3. The van der Waals surface area contributed by atoms with E-state index in [1.807, 2.05) is 20.8 Å². The van der Waals surface area contributed by atoms with Crippen molar-refractivity contribution in [2.24, 2.45) is 17.3 Å². The van der Waals surface area contributed by atoms with Gasteiger partial charge in [0.1, 0.15) is 5.78 Å². The average Bonchev–Trinajstić information content (AvgIpc) is 2.13. The predicted octanol–water partition coefficient (Wildman–Crippen LogP) is 1.80. The zero-order valence-electron chi connectivity index (χ0n) is 9.29. The fourth-order valence-corrected chi connectivity index (χ4v) is 2.16. The van der Waals surface area contributed by atoms with Crippen molar-refractivity contribution < 1.29 is 14.3 Å². The molecule has 80 valence electrons. The Morgan fingerprint density at radius 3 is 2.57 bits per heavy atom. The van der Waals surface area contributed by atoms with Crippen molar-refractivity contribution in [2.45, 2.75) is 33.6 Å². The number of esters is 1. The summed E-state index contributed by atoms with van der Waals surface area (Å²) in [5.41, 5.74) is -0.275. The van der Waals surface area contributed by atoms with E-state index in [0.29, 0.717) is 12.8 Å². The van der Waals surface area contributed by atoms with E-state index in [2.05, 4.69) is 0 Å². The Labute approximate surface area is 84.8 Å². The molecule has 2 atom stereocenters. The molecule has 3 nitrogen and oxygen atoms in total. The van der Waals surface area contributed by atoms with Crippen LogP contribution in [0.3, 0.4) is 0 Å². The highest BCUT2D eigenvalue weighted by Crippen LogP contribution is 2.43. The molecule has 0 radical (unpaired) electrons. The highest BCUT2D eigenvalue weighted by molar-refractivity contribution is 5.85. The van der Waals surface area contributed by atoms with Crippen LogP contribution in [-0.2, 0) is 14.3 Å². The normalized spacial score (nSPS) is 31.3. The standard InChI is InChI=1S/C11H18O3/c1-7-9(12)6-5-8(10(13)14-4)11(7,2)3/h7-8H,5-6H2,1-4H3/t7-,8-/m1/s1. The van der Waals surface area contributed by atoms with Gasteiger partial charge < -0.3 is 4.74 Å². The summed E-state index contributed by atoms with van der Waals surface area (Å²) >= 11 is 0. The van der Waals surface area contributed by atoms with Gasteiger partial charge in [0, 0.05) is 12.3 Å². The highest BCUT2D eigenvalue weighted by atomic mass is 16.5. The van der Waals surface area contributed by atoms with Crippen molar-refractivity contribution in [1.82, 2.24) is 0 Å². The molecular formula is C11H18O3. The fraction of sp³-hybridized carbons (Fsp3) is 0.818. The number of methoxy groups -OCH3 is 1. The molecule has 0 aromatic carbocycles. The molecule has 0 N–H and O–H groups in total. The summed E-state index contributed by atoms with van der Waals surface area (Å²) < 4.78 is 4.76. The Kier molecular flexibility index (Phi) is 2.98. The van der Waals surface area contributed by atoms with Crippen LogP contribution in [0.2, 0.25) is 0 Å². The van der Waals surface area contributed by atoms with E-state index < -0.39 is 0 Å². The van der Waals surface area contributed by atoms with Gasteiger partial charge in [-0.15, -0.1) is 0 Å². The van der Waals surface area contributed by atoms with Gasteiger partial charge in [0.15, 0.2) is 0 Å². The fourth-order valence-electron chi connectivity index (χ4n) is 2.16. The number of Topliss-reactive ketones (excluding diaryl/α,β-unsaturated/α-hetero) is 1. The van der Waals surface area contributed by atoms with Crippen molar-refractivity contribution in [3.63, 3.8) is 0 Å². The molecule has 1 saturated carbocycles. The lowest BCUT2D eigenvalue weighted by molar-refractivity contribution is -0.155. The molecule has 1 rings (SSSR count). The molecule has 3 heteroatoms. The molecule has 1 aliphatic carbocycles. The number of rotatable bonds is 1. The number of hydrogen-bond donors (Lipinski definition) is 0. The summed E-state index contributed by atoms with van der Waals surface area (Å²) in [6, 6.07) is 0. The SMILES string of the molecule is COC(=O)[C@H]1CCC(=O)[C@@H](C)C1(C)C. The van der Waals surface area contributed by atoms with Gasteiger partial charge in [-0.3, -0.25) is 9.59 Å². The van der Waals surface area contributed by atoms with Crippen molar-refractivity contribution >= 4 is 11.8 Å². The minimum absolute atomic E-state index is 0.0552. The van der Waals surface area contributed by atoms with Crippen LogP contribution in [0.5, 0.6) is 0 Å². The van der Waals surface area contributed by atoms with Crippen LogP contribution in [0, 0.1) is 17.3 Å². The third-order valence-corrected chi connectivity index (χ3v) is 3.66. The van der Waals surface area contributed by atoms with E-state index in [0.717, 1.165) is 0 Å². The van der Waals surface area contributed by atoms with E-state index in [-0.39, 0.29) is 29.0 Å². The minimum Gasteiger partial charge on any atom is -0.469 e. The molecule has 0 aromatic rings. The maximum Gasteiger partial charge on any atom is 0.309 e. The molecule has 0 spiro atoms. The Morgan fingerprint density at radius 1 is 1.50 bits per heavy atom. The molecule has 0 amide bonds. The van der Waals surface area contributed by atoms with Crippen LogP contribution in [0.25, 0.3) is 0 Å². The third kappa shape index (κ3) is 1.68. The van der Waals surface area contributed by atoms with Gasteiger partial charge in [0.25, 0.3) is 0 Å². The van der Waals surface area contributed by atoms with Gasteiger partial charge in [-0.05, 0) is 11.8 Å². The second-order valence-corrected chi connectivity index (χ2v) is 4.62. The van der Waals surface area contributed by atoms with Crippen LogP contribution in [0.4, 0.5) is 0 Å². The van der Waals surface area contributed by atoms with E-state index in [9.17, 15) is 9.59 Å². The quantitative estimate of drug-likeness (QED) is 0.603. The monoisotopic (exact) mass is 198 g/mol. The predicted molar refractivity (Wildman–Crippen MR) is 52.7 cm³/mol. The van der Waals surface area contributed by atoms with Gasteiger partial charge >= 0.3 is 5.97 Å². The Hall–Kier alpha value is -0.860. The largest absolute Gasteiger partial charge is 0.469 e. The second-order valence-electron chi connectivity index (χ2n) is 4.62. The van der Waals surface area contributed by atoms with Crippen LogP contribution < -0.4 is 0 Å². The Bertz CT molecular complexity index is 255. The molecule has 0 unspecified atom stereocenters. The lowest BCUT2D eigenvalue weighted by Crippen LogP contribution is -2.44. The first-order valence-electron chi connectivity index (χ1n) is 5.01. The van der Waals surface area contributed by atoms with Gasteiger partial charge in [0.2, 0.25) is 0 Å². The minimum atomic E-state index is -0.275. The summed E-state index contributed by atoms with van der Waals surface area (Å²) in [6.45, 7) is 5.84. The summed E-state index contributed by atoms with van der Waals surface area (Å²) in [7, 11) is 1.40. The van der Waals surface area contributed by atoms with Crippen molar-refractivity contribution in [2.75, 3.05) is 7.11 Å². The first-order valence-corrected chi connectivity index (χ1v) is 5.01. The molecular weight excluding hydrogens is 180 g/mol. The number of carbonyl (C=O) groups excluding carboxylic acids is 2. The van der Waals surface area contributed by atoms with Crippen molar-refractivity contribution in [1.29, 1.82) is 0 Å². The zero-order valence-corrected chi connectivity index (χ0v) is 9.29. The smallest absolute Gasteiger partial charge is 0.309 e. The Balaban J connectivity index is 2.89. The maximum absolute atomic E-state index is 11.5. The van der Waals surface area contributed by atoms with Crippen LogP contribution >= 0.6 is 0 Å². The topological polar surface area (TPSA) is 43.4 Å². The van der Waals surface area contributed by atoms with E-state index >= 15 is 0 Å². The summed E-state index contributed by atoms with van der Waals surface area (Å²) in [5.74, 6) is -0.120. The van der Waals surface area contributed by atoms with Crippen LogP contribution in [0.15, 0.2) is 0 Å². The maximum atomic E-state index is 11.5. The molecule has 0 saturated heterocycles. The average molecular weight is 198 g/mol. The number of ether oxygens (including phenoxy) is 1. The van der Waals surface area contributed by atoms with Gasteiger partial charge in [0.05, 0.1) is 13.0 Å². The van der Waals surface area contributed by atoms with Gasteiger partial charge in [-0.1, -0.05) is 20.8 Å². The van der Waals surface area contributed by atoms with Gasteiger partial charge in [-0.2, -0.15) is 0 Å². The van der Waals surface area contributed by atoms with E-state index in [4.69, 9.17) is 4.74 Å². The summed E-state index contributed by atoms with van der Waals surface area (Å²) in [5, 5.41) is 0. The molecule has 0 aliphatic heterocycles. The lowest BCUT2D eigenvalue weighted by atomic mass is 9.62. The van der Waals surface area contributed by atoms with Crippen LogP contribution in [0.1, 0.15) is 33.6 Å². The van der Waals surface area contributed by atoms with Crippen molar-refractivity contribution in [3.05, 3.63) is 0 Å². The highest BCUT2D eigenvalue weighted by Gasteiger charge is 2.46. The van der Waals surface area contributed by atoms with Crippen LogP contribution in [-0.4, -0.2) is 18.9 Å².